The molecule has 1 fully saturated rings. The molecule has 4 rings (SSSR count). The van der Waals surface area contributed by atoms with Crippen LogP contribution in [-0.2, 0) is 17.8 Å². The molecule has 5 heteroatoms. The first-order chi connectivity index (χ1) is 11.7. The van der Waals surface area contributed by atoms with Gasteiger partial charge in [-0.2, -0.15) is 5.10 Å². The van der Waals surface area contributed by atoms with Crippen molar-refractivity contribution in [1.82, 2.24) is 14.7 Å². The minimum atomic E-state index is 0.225. The van der Waals surface area contributed by atoms with Gasteiger partial charge in [0.1, 0.15) is 0 Å². The van der Waals surface area contributed by atoms with Crippen LogP contribution in [0.1, 0.15) is 24.0 Å². The fourth-order valence-corrected chi connectivity index (χ4v) is 3.95. The highest BCUT2D eigenvalue weighted by molar-refractivity contribution is 5.96. The number of benzene rings is 1. The van der Waals surface area contributed by atoms with Gasteiger partial charge in [0.05, 0.1) is 19.3 Å². The summed E-state index contributed by atoms with van der Waals surface area (Å²) < 4.78 is 2.01. The second-order valence-electron chi connectivity index (χ2n) is 6.93. The molecular formula is C19H24N4O. The van der Waals surface area contributed by atoms with E-state index in [1.54, 1.807) is 0 Å². The molecule has 2 aliphatic rings. The number of carbonyl (C=O) groups is 1. The minimum absolute atomic E-state index is 0.225. The molecule has 1 unspecified atom stereocenters. The average Bonchev–Trinajstić information content (AvgIpc) is 3.28. The molecule has 1 atom stereocenters. The van der Waals surface area contributed by atoms with Crippen LogP contribution in [0.3, 0.4) is 0 Å². The standard InChI is InChI=1S/C19H24N4O/c1-15-11-20-22(12-15)13-17-6-4-9-21(17)14-19(24)23-10-8-16-5-2-3-7-18(16)23/h2-3,5,7,11-12,17H,4,6,8-10,13-14H2,1H3. The Hall–Kier alpha value is -2.14. The number of rotatable bonds is 4. The summed E-state index contributed by atoms with van der Waals surface area (Å²) in [5.74, 6) is 0.225. The van der Waals surface area contributed by atoms with E-state index in [2.05, 4.69) is 41.3 Å². The van der Waals surface area contributed by atoms with Crippen LogP contribution in [0.2, 0.25) is 0 Å². The molecule has 2 aromatic rings. The van der Waals surface area contributed by atoms with Crippen LogP contribution in [0, 0.1) is 6.92 Å². The van der Waals surface area contributed by atoms with Crippen LogP contribution in [0.4, 0.5) is 5.69 Å². The lowest BCUT2D eigenvalue weighted by Gasteiger charge is -2.26. The number of likely N-dealkylation sites (tertiary alicyclic amines) is 1. The summed E-state index contributed by atoms with van der Waals surface area (Å²) in [6, 6.07) is 8.67. The third kappa shape index (κ3) is 2.96. The maximum atomic E-state index is 12.8. The van der Waals surface area contributed by atoms with E-state index in [4.69, 9.17) is 0 Å². The van der Waals surface area contributed by atoms with Crippen molar-refractivity contribution < 1.29 is 4.79 Å². The van der Waals surface area contributed by atoms with Crippen LogP contribution >= 0.6 is 0 Å². The summed E-state index contributed by atoms with van der Waals surface area (Å²) in [4.78, 5) is 17.1. The quantitative estimate of drug-likeness (QED) is 0.866. The smallest absolute Gasteiger partial charge is 0.241 e. The van der Waals surface area contributed by atoms with Crippen molar-refractivity contribution in [2.75, 3.05) is 24.5 Å². The van der Waals surface area contributed by atoms with E-state index in [-0.39, 0.29) is 5.91 Å². The number of hydrogen-bond acceptors (Lipinski definition) is 3. The monoisotopic (exact) mass is 324 g/mol. The Bertz CT molecular complexity index is 738. The lowest BCUT2D eigenvalue weighted by atomic mass is 10.2. The number of fused-ring (bicyclic) bond motifs is 1. The molecule has 24 heavy (non-hydrogen) atoms. The summed E-state index contributed by atoms with van der Waals surface area (Å²) in [5.41, 5.74) is 3.57. The number of para-hydroxylation sites is 1. The molecule has 1 saturated heterocycles. The molecule has 1 aromatic heterocycles. The van der Waals surface area contributed by atoms with Gasteiger partial charge in [-0.1, -0.05) is 18.2 Å². The Morgan fingerprint density at radius 1 is 1.29 bits per heavy atom. The van der Waals surface area contributed by atoms with E-state index < -0.39 is 0 Å². The van der Waals surface area contributed by atoms with Crippen molar-refractivity contribution in [2.45, 2.75) is 38.8 Å². The Balaban J connectivity index is 1.42. The Kier molecular flexibility index (Phi) is 4.10. The SMILES string of the molecule is Cc1cnn(CC2CCCN2CC(=O)N2CCc3ccccc32)c1. The largest absolute Gasteiger partial charge is 0.311 e. The van der Waals surface area contributed by atoms with Crippen LogP contribution in [0.25, 0.3) is 0 Å². The highest BCUT2D eigenvalue weighted by Gasteiger charge is 2.30. The second-order valence-corrected chi connectivity index (χ2v) is 6.93. The molecule has 1 aromatic carbocycles. The van der Waals surface area contributed by atoms with Crippen LogP contribution in [-0.4, -0.2) is 46.3 Å². The second kappa shape index (κ2) is 6.40. The Morgan fingerprint density at radius 2 is 2.17 bits per heavy atom. The Labute approximate surface area is 142 Å². The molecule has 1 amide bonds. The highest BCUT2D eigenvalue weighted by atomic mass is 16.2. The van der Waals surface area contributed by atoms with Crippen LogP contribution in [0.15, 0.2) is 36.7 Å². The van der Waals surface area contributed by atoms with Gasteiger partial charge in [0.25, 0.3) is 0 Å². The zero-order valence-electron chi connectivity index (χ0n) is 14.2. The molecule has 126 valence electrons. The molecule has 0 bridgehead atoms. The zero-order valence-corrected chi connectivity index (χ0v) is 14.2. The number of carbonyl (C=O) groups excluding carboxylic acids is 1. The lowest BCUT2D eigenvalue weighted by Crippen LogP contribution is -2.43. The minimum Gasteiger partial charge on any atom is -0.311 e. The predicted molar refractivity (Wildman–Crippen MR) is 94.1 cm³/mol. The van der Waals surface area contributed by atoms with Crippen LogP contribution < -0.4 is 4.90 Å². The van der Waals surface area contributed by atoms with E-state index in [1.807, 2.05) is 21.8 Å². The predicted octanol–water partition coefficient (Wildman–Crippen LogP) is 2.25. The van der Waals surface area contributed by atoms with Crippen molar-refractivity contribution in [1.29, 1.82) is 0 Å². The average molecular weight is 324 g/mol. The van der Waals surface area contributed by atoms with Gasteiger partial charge in [-0.25, -0.2) is 0 Å². The zero-order chi connectivity index (χ0) is 16.5. The van der Waals surface area contributed by atoms with Gasteiger partial charge < -0.3 is 4.90 Å². The van der Waals surface area contributed by atoms with Crippen molar-refractivity contribution in [3.63, 3.8) is 0 Å². The Morgan fingerprint density at radius 3 is 3.00 bits per heavy atom. The topological polar surface area (TPSA) is 41.4 Å². The maximum absolute atomic E-state index is 12.8. The van der Waals surface area contributed by atoms with Crippen molar-refractivity contribution in [3.05, 3.63) is 47.8 Å². The first-order valence-corrected chi connectivity index (χ1v) is 8.82. The van der Waals surface area contributed by atoms with Gasteiger partial charge in [-0.05, 0) is 49.9 Å². The van der Waals surface area contributed by atoms with Gasteiger partial charge in [0, 0.05) is 24.5 Å². The van der Waals surface area contributed by atoms with E-state index in [9.17, 15) is 4.79 Å². The van der Waals surface area contributed by atoms with E-state index in [0.29, 0.717) is 12.6 Å². The van der Waals surface area contributed by atoms with Gasteiger partial charge in [-0.15, -0.1) is 0 Å². The molecule has 3 heterocycles. The third-order valence-electron chi connectivity index (χ3n) is 5.19. The maximum Gasteiger partial charge on any atom is 0.241 e. The van der Waals surface area contributed by atoms with Crippen molar-refractivity contribution in [2.24, 2.45) is 0 Å². The summed E-state index contributed by atoms with van der Waals surface area (Å²) in [6.07, 6.45) is 7.25. The molecule has 2 aliphatic heterocycles. The molecule has 0 radical (unpaired) electrons. The third-order valence-corrected chi connectivity index (χ3v) is 5.19. The first-order valence-electron chi connectivity index (χ1n) is 8.82. The number of amides is 1. The van der Waals surface area contributed by atoms with E-state index in [0.717, 1.165) is 44.6 Å². The normalized spacial score (nSPS) is 20.5. The fraction of sp³-hybridized carbons (Fsp3) is 0.474. The molecule has 5 nitrogen and oxygen atoms in total. The number of nitrogens with zero attached hydrogens (tertiary/aromatic N) is 4. The summed E-state index contributed by atoms with van der Waals surface area (Å²) >= 11 is 0. The number of hydrogen-bond donors (Lipinski definition) is 0. The summed E-state index contributed by atoms with van der Waals surface area (Å²) in [7, 11) is 0. The number of aryl methyl sites for hydroxylation is 1. The summed E-state index contributed by atoms with van der Waals surface area (Å²) in [6.45, 7) is 5.27. The molecule has 0 saturated carbocycles. The van der Waals surface area contributed by atoms with Gasteiger partial charge in [0.2, 0.25) is 5.91 Å². The first kappa shape index (κ1) is 15.4. The van der Waals surface area contributed by atoms with Crippen molar-refractivity contribution in [3.8, 4) is 0 Å². The van der Waals surface area contributed by atoms with Gasteiger partial charge in [-0.3, -0.25) is 14.4 Å². The molecule has 0 N–H and O–H groups in total. The van der Waals surface area contributed by atoms with Gasteiger partial charge in [0.15, 0.2) is 0 Å². The fourth-order valence-electron chi connectivity index (χ4n) is 3.95. The van der Waals surface area contributed by atoms with Crippen molar-refractivity contribution >= 4 is 11.6 Å². The lowest BCUT2D eigenvalue weighted by molar-refractivity contribution is -0.119. The molecular weight excluding hydrogens is 300 g/mol. The van der Waals surface area contributed by atoms with Crippen LogP contribution in [0.5, 0.6) is 0 Å². The van der Waals surface area contributed by atoms with E-state index >= 15 is 0 Å². The number of aromatic nitrogens is 2. The molecule has 0 aliphatic carbocycles. The number of anilines is 1. The van der Waals surface area contributed by atoms with Gasteiger partial charge >= 0.3 is 0 Å². The highest BCUT2D eigenvalue weighted by Crippen LogP contribution is 2.28. The molecule has 0 spiro atoms. The van der Waals surface area contributed by atoms with E-state index in [1.165, 1.54) is 11.1 Å². The summed E-state index contributed by atoms with van der Waals surface area (Å²) in [5, 5.41) is 4.39.